The minimum atomic E-state index is 0.296. The second-order valence-corrected chi connectivity index (χ2v) is 5.90. The molecule has 4 heteroatoms. The number of anilines is 1. The molecule has 78 valence electrons. The maximum absolute atomic E-state index is 5.23. The number of rotatable bonds is 3. The molecule has 0 saturated carbocycles. The molecule has 0 aliphatic carbocycles. The molecule has 0 aliphatic rings. The summed E-state index contributed by atoms with van der Waals surface area (Å²) in [5.74, 6) is 6.92. The molecule has 14 heavy (non-hydrogen) atoms. The minimum absolute atomic E-state index is 0.296. The second kappa shape index (κ2) is 4.66. The van der Waals surface area contributed by atoms with Gasteiger partial charge in [-0.15, -0.1) is 0 Å². The second-order valence-electron chi connectivity index (χ2n) is 4.10. The number of hydrazine groups is 1. The molecule has 0 fully saturated rings. The summed E-state index contributed by atoms with van der Waals surface area (Å²) < 4.78 is 0.296. The van der Waals surface area contributed by atoms with Gasteiger partial charge < -0.3 is 5.43 Å². The van der Waals surface area contributed by atoms with E-state index in [4.69, 9.17) is 5.84 Å². The van der Waals surface area contributed by atoms with E-state index in [1.807, 2.05) is 30.1 Å². The van der Waals surface area contributed by atoms with Crippen molar-refractivity contribution in [1.29, 1.82) is 0 Å². The molecule has 3 nitrogen and oxygen atoms in total. The summed E-state index contributed by atoms with van der Waals surface area (Å²) in [6.07, 6.45) is 1.86. The predicted octanol–water partition coefficient (Wildman–Crippen LogP) is 2.40. The van der Waals surface area contributed by atoms with Crippen molar-refractivity contribution in [2.45, 2.75) is 31.3 Å². The van der Waals surface area contributed by atoms with Crippen LogP contribution in [0.5, 0.6) is 0 Å². The van der Waals surface area contributed by atoms with Crippen molar-refractivity contribution in [2.24, 2.45) is 5.84 Å². The standard InChI is InChI=1S/C10H17N3S/c1-10(2,3)14-7-8-4-5-9(13-11)12-6-8/h4-6H,7,11H2,1-3H3,(H,12,13). The maximum atomic E-state index is 5.23. The number of nitrogens with one attached hydrogen (secondary N) is 1. The van der Waals surface area contributed by atoms with Crippen molar-refractivity contribution in [3.05, 3.63) is 23.9 Å². The Labute approximate surface area is 89.5 Å². The van der Waals surface area contributed by atoms with Crippen LogP contribution < -0.4 is 11.3 Å². The fraction of sp³-hybridized carbons (Fsp3) is 0.500. The third-order valence-corrected chi connectivity index (χ3v) is 2.99. The number of thioether (sulfide) groups is 1. The van der Waals surface area contributed by atoms with Gasteiger partial charge in [-0.25, -0.2) is 10.8 Å². The highest BCUT2D eigenvalue weighted by Gasteiger charge is 2.10. The summed E-state index contributed by atoms with van der Waals surface area (Å²) in [5.41, 5.74) is 3.73. The Balaban J connectivity index is 2.52. The number of aromatic nitrogens is 1. The van der Waals surface area contributed by atoms with E-state index >= 15 is 0 Å². The molecule has 0 bridgehead atoms. The van der Waals surface area contributed by atoms with E-state index in [-0.39, 0.29) is 0 Å². The first-order valence-corrected chi connectivity index (χ1v) is 5.55. The maximum Gasteiger partial charge on any atom is 0.139 e. The Morgan fingerprint density at radius 1 is 1.43 bits per heavy atom. The van der Waals surface area contributed by atoms with Crippen LogP contribution in [0, 0.1) is 0 Å². The summed E-state index contributed by atoms with van der Waals surface area (Å²) in [5, 5.41) is 0. The highest BCUT2D eigenvalue weighted by Crippen LogP contribution is 2.26. The summed E-state index contributed by atoms with van der Waals surface area (Å²) in [6.45, 7) is 6.63. The molecular weight excluding hydrogens is 194 g/mol. The monoisotopic (exact) mass is 211 g/mol. The Bertz CT molecular complexity index is 276. The van der Waals surface area contributed by atoms with Crippen LogP contribution in [0.15, 0.2) is 18.3 Å². The van der Waals surface area contributed by atoms with Gasteiger partial charge in [0.25, 0.3) is 0 Å². The number of hydrogen-bond acceptors (Lipinski definition) is 4. The van der Waals surface area contributed by atoms with Crippen LogP contribution in [-0.2, 0) is 5.75 Å². The van der Waals surface area contributed by atoms with E-state index in [0.717, 1.165) is 5.75 Å². The van der Waals surface area contributed by atoms with Crippen LogP contribution >= 0.6 is 11.8 Å². The lowest BCUT2D eigenvalue weighted by molar-refractivity contribution is 0.802. The molecule has 0 aliphatic heterocycles. The van der Waals surface area contributed by atoms with Gasteiger partial charge in [-0.1, -0.05) is 26.8 Å². The molecular formula is C10H17N3S. The lowest BCUT2D eigenvalue weighted by Crippen LogP contribution is -2.09. The number of pyridine rings is 1. The van der Waals surface area contributed by atoms with E-state index in [1.165, 1.54) is 5.56 Å². The number of nitrogens with zero attached hydrogens (tertiary/aromatic N) is 1. The zero-order valence-electron chi connectivity index (χ0n) is 8.87. The lowest BCUT2D eigenvalue weighted by atomic mass is 10.3. The highest BCUT2D eigenvalue weighted by molar-refractivity contribution is 7.99. The first-order valence-electron chi connectivity index (χ1n) is 4.57. The van der Waals surface area contributed by atoms with Gasteiger partial charge in [0, 0.05) is 16.7 Å². The Morgan fingerprint density at radius 2 is 2.14 bits per heavy atom. The van der Waals surface area contributed by atoms with E-state index in [0.29, 0.717) is 10.6 Å². The Kier molecular flexibility index (Phi) is 3.77. The Hall–Kier alpha value is -0.740. The average Bonchev–Trinajstić information content (AvgIpc) is 2.14. The molecule has 0 unspecified atom stereocenters. The van der Waals surface area contributed by atoms with Crippen molar-refractivity contribution in [1.82, 2.24) is 4.98 Å². The molecule has 0 amide bonds. The molecule has 1 heterocycles. The normalized spacial score (nSPS) is 11.4. The van der Waals surface area contributed by atoms with Gasteiger partial charge in [-0.3, -0.25) is 0 Å². The molecule has 1 aromatic heterocycles. The van der Waals surface area contributed by atoms with Gasteiger partial charge in [0.1, 0.15) is 5.82 Å². The largest absolute Gasteiger partial charge is 0.308 e. The van der Waals surface area contributed by atoms with Crippen LogP contribution in [-0.4, -0.2) is 9.73 Å². The predicted molar refractivity (Wildman–Crippen MR) is 63.1 cm³/mol. The summed E-state index contributed by atoms with van der Waals surface area (Å²) in [7, 11) is 0. The van der Waals surface area contributed by atoms with Gasteiger partial charge in [0.15, 0.2) is 0 Å². The van der Waals surface area contributed by atoms with Crippen molar-refractivity contribution in [3.8, 4) is 0 Å². The molecule has 0 atom stereocenters. The fourth-order valence-corrected chi connectivity index (χ4v) is 1.67. The van der Waals surface area contributed by atoms with Gasteiger partial charge in [0.2, 0.25) is 0 Å². The zero-order valence-corrected chi connectivity index (χ0v) is 9.69. The number of nitrogen functional groups attached to an aromatic ring is 1. The third-order valence-electron chi connectivity index (χ3n) is 1.64. The SMILES string of the molecule is CC(C)(C)SCc1ccc(NN)nc1. The molecule has 0 radical (unpaired) electrons. The van der Waals surface area contributed by atoms with E-state index < -0.39 is 0 Å². The van der Waals surface area contributed by atoms with Crippen LogP contribution in [0.2, 0.25) is 0 Å². The van der Waals surface area contributed by atoms with Gasteiger partial charge in [0.05, 0.1) is 0 Å². The Morgan fingerprint density at radius 3 is 2.57 bits per heavy atom. The molecule has 1 aromatic rings. The van der Waals surface area contributed by atoms with Crippen LogP contribution in [0.1, 0.15) is 26.3 Å². The number of nitrogens with two attached hydrogens (primary N) is 1. The molecule has 0 aromatic carbocycles. The van der Waals surface area contributed by atoms with Crippen molar-refractivity contribution in [2.75, 3.05) is 5.43 Å². The van der Waals surface area contributed by atoms with Crippen LogP contribution in [0.4, 0.5) is 5.82 Å². The van der Waals surface area contributed by atoms with Crippen molar-refractivity contribution >= 4 is 17.6 Å². The number of hydrogen-bond donors (Lipinski definition) is 2. The third kappa shape index (κ3) is 3.98. The zero-order chi connectivity index (χ0) is 10.6. The molecule has 0 spiro atoms. The molecule has 1 rings (SSSR count). The van der Waals surface area contributed by atoms with E-state index in [9.17, 15) is 0 Å². The van der Waals surface area contributed by atoms with E-state index in [1.54, 1.807) is 0 Å². The highest BCUT2D eigenvalue weighted by atomic mass is 32.2. The van der Waals surface area contributed by atoms with Gasteiger partial charge >= 0.3 is 0 Å². The quantitative estimate of drug-likeness (QED) is 0.595. The van der Waals surface area contributed by atoms with Crippen LogP contribution in [0.25, 0.3) is 0 Å². The minimum Gasteiger partial charge on any atom is -0.308 e. The van der Waals surface area contributed by atoms with Crippen LogP contribution in [0.3, 0.4) is 0 Å². The molecule has 3 N–H and O–H groups in total. The molecule has 0 saturated heterocycles. The first kappa shape index (κ1) is 11.3. The van der Waals surface area contributed by atoms with E-state index in [2.05, 4.69) is 31.2 Å². The smallest absolute Gasteiger partial charge is 0.139 e. The van der Waals surface area contributed by atoms with Crippen molar-refractivity contribution in [3.63, 3.8) is 0 Å². The van der Waals surface area contributed by atoms with Crippen molar-refractivity contribution < 1.29 is 0 Å². The first-order chi connectivity index (χ1) is 6.51. The summed E-state index contributed by atoms with van der Waals surface area (Å²) >= 11 is 1.91. The summed E-state index contributed by atoms with van der Waals surface area (Å²) in [4.78, 5) is 4.15. The topological polar surface area (TPSA) is 50.9 Å². The lowest BCUT2D eigenvalue weighted by Gasteiger charge is -2.17. The van der Waals surface area contributed by atoms with Gasteiger partial charge in [-0.2, -0.15) is 11.8 Å². The fourth-order valence-electron chi connectivity index (χ4n) is 0.895. The van der Waals surface area contributed by atoms with Gasteiger partial charge in [-0.05, 0) is 11.6 Å². The summed E-state index contributed by atoms with van der Waals surface area (Å²) in [6, 6.07) is 3.93. The average molecular weight is 211 g/mol.